The Morgan fingerprint density at radius 3 is 2.86 bits per heavy atom. The topological polar surface area (TPSA) is 123 Å². The molecule has 0 saturated heterocycles. The predicted octanol–water partition coefficient (Wildman–Crippen LogP) is 2.83. The van der Waals surface area contributed by atoms with Gasteiger partial charge in [0, 0.05) is 29.8 Å². The number of aryl methyl sites for hydroxylation is 2. The van der Waals surface area contributed by atoms with Crippen LogP contribution in [0.5, 0.6) is 5.88 Å². The molecule has 0 bridgehead atoms. The van der Waals surface area contributed by atoms with E-state index in [-0.39, 0.29) is 17.5 Å². The molecule has 0 aromatic carbocycles. The Morgan fingerprint density at radius 1 is 1.31 bits per heavy atom. The van der Waals surface area contributed by atoms with Crippen molar-refractivity contribution in [1.82, 2.24) is 25.1 Å². The first kappa shape index (κ1) is 19.2. The van der Waals surface area contributed by atoms with Gasteiger partial charge in [0.25, 0.3) is 0 Å². The van der Waals surface area contributed by atoms with E-state index in [1.165, 1.54) is 17.4 Å². The van der Waals surface area contributed by atoms with Crippen LogP contribution < -0.4 is 10.1 Å². The van der Waals surface area contributed by atoms with E-state index in [2.05, 4.69) is 36.5 Å². The van der Waals surface area contributed by atoms with E-state index in [0.29, 0.717) is 25.0 Å². The number of pyridine rings is 1. The van der Waals surface area contributed by atoms with Crippen molar-refractivity contribution in [2.45, 2.75) is 32.7 Å². The fourth-order valence-corrected chi connectivity index (χ4v) is 3.58. The molecule has 1 fully saturated rings. The Bertz CT molecular complexity index is 1020. The maximum atomic E-state index is 11.4. The van der Waals surface area contributed by atoms with Gasteiger partial charge >= 0.3 is 5.97 Å². The molecule has 4 rings (SSSR count). The Balaban J connectivity index is 1.39. The minimum absolute atomic E-state index is 0.126. The summed E-state index contributed by atoms with van der Waals surface area (Å²) in [5.41, 5.74) is 2.07. The smallest absolute Gasteiger partial charge is 0.354 e. The molecular formula is C19H20N6O3S. The number of hydrogen-bond donors (Lipinski definition) is 2. The van der Waals surface area contributed by atoms with E-state index < -0.39 is 5.97 Å². The van der Waals surface area contributed by atoms with Crippen molar-refractivity contribution in [2.24, 2.45) is 5.92 Å². The van der Waals surface area contributed by atoms with Crippen molar-refractivity contribution >= 4 is 23.3 Å². The molecule has 0 radical (unpaired) electrons. The van der Waals surface area contributed by atoms with Crippen LogP contribution in [0.4, 0.5) is 5.95 Å². The van der Waals surface area contributed by atoms with Gasteiger partial charge in [-0.15, -0.1) is 10.2 Å². The molecule has 29 heavy (non-hydrogen) atoms. The van der Waals surface area contributed by atoms with Crippen molar-refractivity contribution in [3.05, 3.63) is 51.4 Å². The largest absolute Gasteiger partial charge is 0.477 e. The van der Waals surface area contributed by atoms with Crippen LogP contribution in [0.25, 0.3) is 0 Å². The molecule has 0 aliphatic heterocycles. The minimum atomic E-state index is -1.14. The van der Waals surface area contributed by atoms with E-state index >= 15 is 0 Å². The molecule has 1 saturated carbocycles. The molecule has 3 aromatic rings. The molecule has 2 N–H and O–H groups in total. The molecule has 0 unspecified atom stereocenters. The highest BCUT2D eigenvalue weighted by atomic mass is 32.1. The zero-order chi connectivity index (χ0) is 20.4. The van der Waals surface area contributed by atoms with Gasteiger partial charge in [-0.05, 0) is 31.9 Å². The van der Waals surface area contributed by atoms with E-state index in [4.69, 9.17) is 4.74 Å². The lowest BCUT2D eigenvalue weighted by molar-refractivity contribution is 0.0689. The number of nitrogens with zero attached hydrogens (tertiary/aromatic N) is 5. The molecule has 10 heteroatoms. The summed E-state index contributed by atoms with van der Waals surface area (Å²) in [4.78, 5) is 24.2. The fourth-order valence-electron chi connectivity index (χ4n) is 2.94. The molecule has 2 atom stereocenters. The first-order valence-electron chi connectivity index (χ1n) is 9.18. The summed E-state index contributed by atoms with van der Waals surface area (Å²) < 4.78 is 5.79. The highest BCUT2D eigenvalue weighted by Crippen LogP contribution is 2.46. The number of carbonyl (C=O) groups is 1. The molecule has 3 aromatic heterocycles. The second-order valence-corrected chi connectivity index (χ2v) is 8.23. The zero-order valence-electron chi connectivity index (χ0n) is 16.0. The average Bonchev–Trinajstić information content (AvgIpc) is 3.37. The Kier molecular flexibility index (Phi) is 5.34. The number of rotatable bonds is 8. The number of ether oxygens (including phenoxy) is 1. The molecule has 150 valence electrons. The van der Waals surface area contributed by atoms with Crippen LogP contribution in [0, 0.1) is 19.8 Å². The maximum absolute atomic E-state index is 11.4. The third-order valence-electron chi connectivity index (χ3n) is 4.57. The first-order valence-corrected chi connectivity index (χ1v) is 10.00. The third-order valence-corrected chi connectivity index (χ3v) is 5.41. The highest BCUT2D eigenvalue weighted by Gasteiger charge is 2.40. The van der Waals surface area contributed by atoms with E-state index in [0.717, 1.165) is 27.7 Å². The summed E-state index contributed by atoms with van der Waals surface area (Å²) in [5, 5.41) is 21.9. The third kappa shape index (κ3) is 4.83. The minimum Gasteiger partial charge on any atom is -0.477 e. The molecular weight excluding hydrogens is 392 g/mol. The van der Waals surface area contributed by atoms with Crippen LogP contribution in [0.2, 0.25) is 0 Å². The number of hydrogen-bond acceptors (Lipinski definition) is 9. The molecule has 9 nitrogen and oxygen atoms in total. The lowest BCUT2D eigenvalue weighted by atomic mass is 10.2. The summed E-state index contributed by atoms with van der Waals surface area (Å²) in [7, 11) is 0. The van der Waals surface area contributed by atoms with Gasteiger partial charge in [-0.2, -0.15) is 4.98 Å². The van der Waals surface area contributed by atoms with Gasteiger partial charge in [0.05, 0.1) is 13.2 Å². The SMILES string of the molecule is Cc1ccc([C@H]2C[C@@H]2COc2cc(C(=O)O)nc(NCc3nnc(C)s3)n2)nc1. The van der Waals surface area contributed by atoms with Gasteiger partial charge in [-0.25, -0.2) is 9.78 Å². The number of anilines is 1. The summed E-state index contributed by atoms with van der Waals surface area (Å²) >= 11 is 1.45. The highest BCUT2D eigenvalue weighted by molar-refractivity contribution is 7.11. The van der Waals surface area contributed by atoms with Crippen molar-refractivity contribution in [1.29, 1.82) is 0 Å². The number of carboxylic acids is 1. The average molecular weight is 412 g/mol. The molecule has 0 amide bonds. The van der Waals surface area contributed by atoms with Crippen molar-refractivity contribution in [2.75, 3.05) is 11.9 Å². The standard InChI is InChI=1S/C19H20N6O3S/c1-10-3-4-14(20-7-10)13-5-12(13)9-28-16-6-15(18(26)27)22-19(23-16)21-8-17-25-24-11(2)29-17/h3-4,6-7,12-13H,5,8-9H2,1-2H3,(H,26,27)(H,21,22,23)/t12-,13+/m1/s1. The summed E-state index contributed by atoms with van der Waals surface area (Å²) in [6, 6.07) is 5.44. The van der Waals surface area contributed by atoms with E-state index in [1.807, 2.05) is 26.1 Å². The monoisotopic (exact) mass is 412 g/mol. The lowest BCUT2D eigenvalue weighted by Gasteiger charge is -2.09. The number of nitrogens with one attached hydrogen (secondary N) is 1. The van der Waals surface area contributed by atoms with Crippen LogP contribution in [-0.4, -0.2) is 42.8 Å². The van der Waals surface area contributed by atoms with Crippen molar-refractivity contribution in [3.8, 4) is 5.88 Å². The molecule has 1 aliphatic rings. The Morgan fingerprint density at radius 2 is 2.17 bits per heavy atom. The van der Waals surface area contributed by atoms with Crippen LogP contribution in [0.3, 0.4) is 0 Å². The lowest BCUT2D eigenvalue weighted by Crippen LogP contribution is -2.11. The predicted molar refractivity (Wildman–Crippen MR) is 106 cm³/mol. The molecule has 0 spiro atoms. The maximum Gasteiger partial charge on any atom is 0.354 e. The van der Waals surface area contributed by atoms with Gasteiger partial charge in [-0.1, -0.05) is 17.4 Å². The van der Waals surface area contributed by atoms with Crippen molar-refractivity contribution in [3.63, 3.8) is 0 Å². The van der Waals surface area contributed by atoms with Gasteiger partial charge in [0.2, 0.25) is 11.8 Å². The van der Waals surface area contributed by atoms with Crippen LogP contribution >= 0.6 is 11.3 Å². The number of carboxylic acid groups (broad SMARTS) is 1. The summed E-state index contributed by atoms with van der Waals surface area (Å²) in [6.45, 7) is 4.69. The van der Waals surface area contributed by atoms with Crippen LogP contribution in [0.15, 0.2) is 24.4 Å². The summed E-state index contributed by atoms with van der Waals surface area (Å²) in [5.74, 6) is -0.0137. The zero-order valence-corrected chi connectivity index (χ0v) is 16.8. The van der Waals surface area contributed by atoms with Gasteiger partial charge < -0.3 is 15.2 Å². The van der Waals surface area contributed by atoms with Crippen LogP contribution in [0.1, 0.15) is 44.1 Å². The normalized spacial score (nSPS) is 17.7. The van der Waals surface area contributed by atoms with Gasteiger partial charge in [-0.3, -0.25) is 4.98 Å². The van der Waals surface area contributed by atoms with Crippen LogP contribution in [-0.2, 0) is 6.54 Å². The second-order valence-electron chi connectivity index (χ2n) is 6.96. The summed E-state index contributed by atoms with van der Waals surface area (Å²) in [6.07, 6.45) is 2.86. The van der Waals surface area contributed by atoms with Gasteiger partial charge in [0.15, 0.2) is 5.69 Å². The van der Waals surface area contributed by atoms with E-state index in [1.54, 1.807) is 0 Å². The Hall–Kier alpha value is -3.14. The number of aromatic carboxylic acids is 1. The fraction of sp³-hybridized carbons (Fsp3) is 0.368. The first-order chi connectivity index (χ1) is 14.0. The quantitative estimate of drug-likeness (QED) is 0.575. The molecule has 1 aliphatic carbocycles. The molecule has 3 heterocycles. The van der Waals surface area contributed by atoms with E-state index in [9.17, 15) is 9.90 Å². The Labute approximate surface area is 171 Å². The van der Waals surface area contributed by atoms with Gasteiger partial charge in [0.1, 0.15) is 10.0 Å². The second kappa shape index (κ2) is 8.08. The number of aromatic nitrogens is 5. The van der Waals surface area contributed by atoms with Crippen molar-refractivity contribution < 1.29 is 14.6 Å².